The highest BCUT2D eigenvalue weighted by Crippen LogP contribution is 2.44. The monoisotopic (exact) mass is 650 g/mol. The number of nitrogens with zero attached hydrogens (tertiary/aromatic N) is 4. The number of rotatable bonds is 5. The van der Waals surface area contributed by atoms with Crippen molar-refractivity contribution in [3.8, 4) is 50.8 Å². The molecule has 7 aromatic carbocycles. The van der Waals surface area contributed by atoms with E-state index < -0.39 is 0 Å². The van der Waals surface area contributed by atoms with Gasteiger partial charge in [-0.25, -0.2) is 9.97 Å². The summed E-state index contributed by atoms with van der Waals surface area (Å²) in [5.74, 6) is 0.789. The van der Waals surface area contributed by atoms with Gasteiger partial charge in [0, 0.05) is 11.9 Å². The molecule has 51 heavy (non-hydrogen) atoms. The average Bonchev–Trinajstić information content (AvgIpc) is 3.60. The Kier molecular flexibility index (Phi) is 6.78. The summed E-state index contributed by atoms with van der Waals surface area (Å²) in [6.07, 6.45) is 1.80. The van der Waals surface area contributed by atoms with Crippen molar-refractivity contribution in [3.05, 3.63) is 182 Å². The molecular weight excluding hydrogens is 621 g/mol. The summed E-state index contributed by atoms with van der Waals surface area (Å²) >= 11 is 0. The topological polar surface area (TPSA) is 43.6 Å². The summed E-state index contributed by atoms with van der Waals surface area (Å²) in [6.45, 7) is 0. The van der Waals surface area contributed by atoms with E-state index in [0.29, 0.717) is 0 Å². The van der Waals surface area contributed by atoms with E-state index in [1.54, 1.807) is 6.20 Å². The molecule has 0 bridgehead atoms. The van der Waals surface area contributed by atoms with Crippen LogP contribution in [-0.2, 0) is 0 Å². The fraction of sp³-hybridized carbons (Fsp3) is 0. The van der Waals surface area contributed by atoms with Crippen LogP contribution in [0.3, 0.4) is 0 Å². The molecule has 0 N–H and O–H groups in total. The van der Waals surface area contributed by atoms with Gasteiger partial charge in [-0.3, -0.25) is 9.55 Å². The molecule has 10 rings (SSSR count). The van der Waals surface area contributed by atoms with Gasteiger partial charge in [-0.15, -0.1) is 0 Å². The van der Waals surface area contributed by atoms with Crippen molar-refractivity contribution >= 4 is 43.4 Å². The zero-order valence-corrected chi connectivity index (χ0v) is 27.6. The number of benzene rings is 7. The van der Waals surface area contributed by atoms with Crippen LogP contribution in [0.1, 0.15) is 0 Å². The molecule has 10 aromatic rings. The number of hydrogen-bond acceptors (Lipinski definition) is 3. The first-order valence-electron chi connectivity index (χ1n) is 17.2. The first-order valence-corrected chi connectivity index (χ1v) is 17.2. The van der Waals surface area contributed by atoms with Gasteiger partial charge in [0.2, 0.25) is 0 Å². The number of fused-ring (bicyclic) bond motifs is 4. The van der Waals surface area contributed by atoms with Gasteiger partial charge in [-0.2, -0.15) is 0 Å². The van der Waals surface area contributed by atoms with E-state index in [0.717, 1.165) is 45.2 Å². The van der Waals surface area contributed by atoms with Crippen LogP contribution in [0.2, 0.25) is 0 Å². The highest BCUT2D eigenvalue weighted by Gasteiger charge is 2.19. The Morgan fingerprint density at radius 1 is 0.392 bits per heavy atom. The van der Waals surface area contributed by atoms with Gasteiger partial charge in [0.25, 0.3) is 0 Å². The number of imidazole rings is 1. The SMILES string of the molecule is c1ccc(-c2cccc(-c3nc4ccccc4n3-c3ccc(-c4c5ccccc5c(-c5ccc6ccccc6c5)c5ccccc45)cc3)n2)nc1. The molecule has 0 atom stereocenters. The summed E-state index contributed by atoms with van der Waals surface area (Å²) in [7, 11) is 0. The number of hydrogen-bond donors (Lipinski definition) is 0. The van der Waals surface area contributed by atoms with E-state index in [1.165, 1.54) is 49.0 Å². The Labute approximate surface area is 295 Å². The summed E-state index contributed by atoms with van der Waals surface area (Å²) in [5, 5.41) is 7.44. The van der Waals surface area contributed by atoms with Crippen LogP contribution in [0, 0.1) is 0 Å². The quantitative estimate of drug-likeness (QED) is 0.174. The van der Waals surface area contributed by atoms with E-state index in [4.69, 9.17) is 9.97 Å². The van der Waals surface area contributed by atoms with E-state index in [9.17, 15) is 0 Å². The van der Waals surface area contributed by atoms with Crippen molar-refractivity contribution in [2.75, 3.05) is 0 Å². The molecule has 0 fully saturated rings. The molecule has 238 valence electrons. The maximum atomic E-state index is 5.09. The Morgan fingerprint density at radius 2 is 0.980 bits per heavy atom. The van der Waals surface area contributed by atoms with E-state index >= 15 is 0 Å². The fourth-order valence-electron chi connectivity index (χ4n) is 7.55. The second-order valence-electron chi connectivity index (χ2n) is 12.8. The number of aromatic nitrogens is 4. The number of pyridine rings is 2. The normalized spacial score (nSPS) is 11.5. The first-order chi connectivity index (χ1) is 25.3. The molecule has 0 saturated heterocycles. The van der Waals surface area contributed by atoms with Gasteiger partial charge < -0.3 is 0 Å². The maximum Gasteiger partial charge on any atom is 0.164 e. The van der Waals surface area contributed by atoms with Crippen molar-refractivity contribution in [1.29, 1.82) is 0 Å². The second kappa shape index (κ2) is 11.9. The number of para-hydroxylation sites is 2. The highest BCUT2D eigenvalue weighted by atomic mass is 15.1. The minimum absolute atomic E-state index is 0.789. The van der Waals surface area contributed by atoms with E-state index in [-0.39, 0.29) is 0 Å². The third kappa shape index (κ3) is 4.88. The lowest BCUT2D eigenvalue weighted by Gasteiger charge is -2.18. The first kappa shape index (κ1) is 29.0. The third-order valence-corrected chi connectivity index (χ3v) is 9.85. The van der Waals surface area contributed by atoms with Gasteiger partial charge in [0.1, 0.15) is 5.69 Å². The van der Waals surface area contributed by atoms with Gasteiger partial charge in [0.15, 0.2) is 5.82 Å². The maximum absolute atomic E-state index is 5.09. The van der Waals surface area contributed by atoms with Crippen molar-refractivity contribution < 1.29 is 0 Å². The molecule has 0 aliphatic heterocycles. The molecular formula is C47H30N4. The fourth-order valence-corrected chi connectivity index (χ4v) is 7.55. The summed E-state index contributed by atoms with van der Waals surface area (Å²) in [6, 6.07) is 62.1. The summed E-state index contributed by atoms with van der Waals surface area (Å²) in [4.78, 5) is 14.7. The van der Waals surface area contributed by atoms with Crippen molar-refractivity contribution in [2.24, 2.45) is 0 Å². The lowest BCUT2D eigenvalue weighted by molar-refractivity contribution is 1.08. The molecule has 0 radical (unpaired) electrons. The van der Waals surface area contributed by atoms with Crippen molar-refractivity contribution in [3.63, 3.8) is 0 Å². The Balaban J connectivity index is 1.14. The van der Waals surface area contributed by atoms with Crippen molar-refractivity contribution in [2.45, 2.75) is 0 Å². The Bertz CT molecular complexity index is 2850. The van der Waals surface area contributed by atoms with Crippen LogP contribution >= 0.6 is 0 Å². The minimum atomic E-state index is 0.789. The molecule has 0 aliphatic carbocycles. The lowest BCUT2D eigenvalue weighted by atomic mass is 9.85. The molecule has 0 aliphatic rings. The van der Waals surface area contributed by atoms with Crippen LogP contribution in [0.5, 0.6) is 0 Å². The molecule has 0 unspecified atom stereocenters. The largest absolute Gasteiger partial charge is 0.291 e. The van der Waals surface area contributed by atoms with Crippen LogP contribution < -0.4 is 0 Å². The smallest absolute Gasteiger partial charge is 0.164 e. The molecule has 0 spiro atoms. The Morgan fingerprint density at radius 3 is 1.71 bits per heavy atom. The molecule has 4 nitrogen and oxygen atoms in total. The standard InChI is InChI=1S/C47H30N4/c1-2-13-33-30-34(24-23-31(33)12-1)46-38-16-5-3-14-36(38)45(37-15-4-6-17-39(37)46)32-25-27-35(28-26-32)51-44-22-8-7-19-42(44)50-47(51)43-21-11-20-41(49-43)40-18-9-10-29-48-40/h1-30H. The zero-order valence-electron chi connectivity index (χ0n) is 27.6. The average molecular weight is 651 g/mol. The van der Waals surface area contributed by atoms with Gasteiger partial charge >= 0.3 is 0 Å². The second-order valence-corrected chi connectivity index (χ2v) is 12.8. The molecule has 0 amide bonds. The summed E-state index contributed by atoms with van der Waals surface area (Å²) < 4.78 is 2.21. The lowest BCUT2D eigenvalue weighted by Crippen LogP contribution is -2.00. The minimum Gasteiger partial charge on any atom is -0.291 e. The predicted molar refractivity (Wildman–Crippen MR) is 211 cm³/mol. The van der Waals surface area contributed by atoms with Crippen LogP contribution in [0.15, 0.2) is 182 Å². The third-order valence-electron chi connectivity index (χ3n) is 9.85. The predicted octanol–water partition coefficient (Wildman–Crippen LogP) is 11.9. The van der Waals surface area contributed by atoms with E-state index in [2.05, 4.69) is 143 Å². The van der Waals surface area contributed by atoms with Crippen LogP contribution in [0.25, 0.3) is 94.2 Å². The van der Waals surface area contributed by atoms with Crippen LogP contribution in [0.4, 0.5) is 0 Å². The Hall–Kier alpha value is -6.91. The van der Waals surface area contributed by atoms with Gasteiger partial charge in [0.05, 0.1) is 22.4 Å². The molecule has 3 aromatic heterocycles. The summed E-state index contributed by atoms with van der Waals surface area (Å²) in [5.41, 5.74) is 10.3. The zero-order chi connectivity index (χ0) is 33.7. The molecule has 4 heteroatoms. The van der Waals surface area contributed by atoms with Crippen LogP contribution in [-0.4, -0.2) is 19.5 Å². The molecule has 0 saturated carbocycles. The van der Waals surface area contributed by atoms with Gasteiger partial charge in [-0.05, 0) is 109 Å². The van der Waals surface area contributed by atoms with Gasteiger partial charge in [-0.1, -0.05) is 121 Å². The van der Waals surface area contributed by atoms with Crippen molar-refractivity contribution in [1.82, 2.24) is 19.5 Å². The highest BCUT2D eigenvalue weighted by molar-refractivity contribution is 6.21. The molecule has 3 heterocycles. The van der Waals surface area contributed by atoms with E-state index in [1.807, 2.05) is 42.5 Å².